The van der Waals surface area contributed by atoms with Crippen LogP contribution in [0.4, 0.5) is 0 Å². The molecule has 1 aliphatic rings. The second-order valence-corrected chi connectivity index (χ2v) is 7.22. The fourth-order valence-electron chi connectivity index (χ4n) is 2.93. The standard InChI is InChI=1S/C22H21NO7/c1-22(2,28)19(25)14-7-9-15(10-8-14)29-11-12-30-18(24)13-23-20(26)16-5-3-4-6-17(16)21(23)27/h3-10,28H,11-13H2,1-2H3. The lowest BCUT2D eigenvalue weighted by Gasteiger charge is -2.15. The van der Waals surface area contributed by atoms with E-state index in [1.165, 1.54) is 38.1 Å². The third kappa shape index (κ3) is 4.55. The molecule has 156 valence electrons. The van der Waals surface area contributed by atoms with Gasteiger partial charge >= 0.3 is 5.97 Å². The van der Waals surface area contributed by atoms with Gasteiger partial charge in [0.1, 0.15) is 31.1 Å². The summed E-state index contributed by atoms with van der Waals surface area (Å²) in [5.74, 6) is -1.72. The molecule has 1 heterocycles. The average molecular weight is 411 g/mol. The summed E-state index contributed by atoms with van der Waals surface area (Å²) in [6.45, 7) is 2.32. The predicted octanol–water partition coefficient (Wildman–Crippen LogP) is 1.86. The molecule has 0 fully saturated rings. The summed E-state index contributed by atoms with van der Waals surface area (Å²) in [6, 6.07) is 12.6. The van der Waals surface area contributed by atoms with Gasteiger partial charge in [0.05, 0.1) is 11.1 Å². The van der Waals surface area contributed by atoms with Crippen molar-refractivity contribution in [3.63, 3.8) is 0 Å². The number of nitrogens with zero attached hydrogens (tertiary/aromatic N) is 1. The third-order valence-corrected chi connectivity index (χ3v) is 4.45. The zero-order valence-electron chi connectivity index (χ0n) is 16.6. The van der Waals surface area contributed by atoms with Crippen molar-refractivity contribution >= 4 is 23.6 Å². The van der Waals surface area contributed by atoms with E-state index in [0.717, 1.165) is 4.90 Å². The molecule has 0 aliphatic carbocycles. The van der Waals surface area contributed by atoms with E-state index in [4.69, 9.17) is 9.47 Å². The number of ether oxygens (including phenoxy) is 2. The van der Waals surface area contributed by atoms with Gasteiger partial charge in [-0.05, 0) is 50.2 Å². The Morgan fingerprint density at radius 2 is 1.50 bits per heavy atom. The Kier molecular flexibility index (Phi) is 5.98. The highest BCUT2D eigenvalue weighted by Crippen LogP contribution is 2.22. The molecule has 0 bridgehead atoms. The lowest BCUT2D eigenvalue weighted by molar-refractivity contribution is -0.144. The van der Waals surface area contributed by atoms with E-state index in [9.17, 15) is 24.3 Å². The van der Waals surface area contributed by atoms with Crippen molar-refractivity contribution in [2.75, 3.05) is 19.8 Å². The molecular weight excluding hydrogens is 390 g/mol. The number of amides is 2. The van der Waals surface area contributed by atoms with Gasteiger partial charge in [0.15, 0.2) is 5.78 Å². The van der Waals surface area contributed by atoms with Gasteiger partial charge in [-0.2, -0.15) is 0 Å². The Labute approximate surface area is 173 Å². The Bertz CT molecular complexity index is 954. The molecule has 1 N–H and O–H groups in total. The van der Waals surface area contributed by atoms with Gasteiger partial charge in [-0.25, -0.2) is 0 Å². The number of carbonyl (C=O) groups is 4. The van der Waals surface area contributed by atoms with E-state index in [1.807, 2.05) is 0 Å². The van der Waals surface area contributed by atoms with Crippen molar-refractivity contribution in [1.82, 2.24) is 4.90 Å². The highest BCUT2D eigenvalue weighted by molar-refractivity contribution is 6.22. The molecule has 2 amide bonds. The molecule has 2 aromatic carbocycles. The zero-order chi connectivity index (χ0) is 21.9. The summed E-state index contributed by atoms with van der Waals surface area (Å²) in [7, 11) is 0. The van der Waals surface area contributed by atoms with Crippen LogP contribution in [0.25, 0.3) is 0 Å². The van der Waals surface area contributed by atoms with Gasteiger partial charge in [0.25, 0.3) is 11.8 Å². The number of hydrogen-bond acceptors (Lipinski definition) is 7. The lowest BCUT2D eigenvalue weighted by Crippen LogP contribution is -2.36. The molecule has 0 saturated carbocycles. The normalized spacial score (nSPS) is 13.2. The van der Waals surface area contributed by atoms with Crippen molar-refractivity contribution in [3.8, 4) is 5.75 Å². The van der Waals surface area contributed by atoms with Crippen LogP contribution in [-0.2, 0) is 9.53 Å². The highest BCUT2D eigenvalue weighted by atomic mass is 16.6. The van der Waals surface area contributed by atoms with Crippen LogP contribution >= 0.6 is 0 Å². The van der Waals surface area contributed by atoms with Crippen LogP contribution in [0.1, 0.15) is 44.9 Å². The number of benzene rings is 2. The monoisotopic (exact) mass is 411 g/mol. The second-order valence-electron chi connectivity index (χ2n) is 7.22. The largest absolute Gasteiger partial charge is 0.490 e. The number of carbonyl (C=O) groups excluding carboxylic acids is 4. The number of aliphatic hydroxyl groups is 1. The van der Waals surface area contributed by atoms with Crippen LogP contribution in [0.2, 0.25) is 0 Å². The molecule has 0 spiro atoms. The molecule has 8 heteroatoms. The van der Waals surface area contributed by atoms with Crippen molar-refractivity contribution < 1.29 is 33.8 Å². The maximum absolute atomic E-state index is 12.2. The minimum atomic E-state index is -1.46. The van der Waals surface area contributed by atoms with E-state index >= 15 is 0 Å². The summed E-state index contributed by atoms with van der Waals surface area (Å²) < 4.78 is 10.5. The van der Waals surface area contributed by atoms with Crippen molar-refractivity contribution in [3.05, 3.63) is 65.2 Å². The van der Waals surface area contributed by atoms with Crippen LogP contribution in [0.3, 0.4) is 0 Å². The minimum Gasteiger partial charge on any atom is -0.490 e. The van der Waals surface area contributed by atoms with Crippen LogP contribution in [-0.4, -0.2) is 58.9 Å². The van der Waals surface area contributed by atoms with Crippen LogP contribution < -0.4 is 4.74 Å². The maximum Gasteiger partial charge on any atom is 0.326 e. The number of esters is 1. The van der Waals surface area contributed by atoms with E-state index in [1.54, 1.807) is 24.3 Å². The van der Waals surface area contributed by atoms with E-state index < -0.39 is 35.7 Å². The fourth-order valence-corrected chi connectivity index (χ4v) is 2.93. The Morgan fingerprint density at radius 1 is 0.933 bits per heavy atom. The SMILES string of the molecule is CC(C)(O)C(=O)c1ccc(OCCOC(=O)CN2C(=O)c3ccccc3C2=O)cc1. The zero-order valence-corrected chi connectivity index (χ0v) is 16.6. The molecule has 30 heavy (non-hydrogen) atoms. The van der Waals surface area contributed by atoms with Gasteiger partial charge in [-0.15, -0.1) is 0 Å². The highest BCUT2D eigenvalue weighted by Gasteiger charge is 2.36. The quantitative estimate of drug-likeness (QED) is 0.305. The molecule has 2 aromatic rings. The Morgan fingerprint density at radius 3 is 2.03 bits per heavy atom. The first-order valence-electron chi connectivity index (χ1n) is 9.29. The number of hydrogen-bond donors (Lipinski definition) is 1. The first-order chi connectivity index (χ1) is 14.2. The number of rotatable bonds is 8. The van der Waals surface area contributed by atoms with E-state index in [-0.39, 0.29) is 24.3 Å². The minimum absolute atomic E-state index is 0.0483. The molecular formula is C22H21NO7. The van der Waals surface area contributed by atoms with Crippen LogP contribution in [0, 0.1) is 0 Å². The summed E-state index contributed by atoms with van der Waals surface area (Å²) in [5, 5.41) is 9.75. The maximum atomic E-state index is 12.2. The fraction of sp³-hybridized carbons (Fsp3) is 0.273. The summed E-state index contributed by atoms with van der Waals surface area (Å²) in [4.78, 5) is 49.3. The molecule has 0 atom stereocenters. The van der Waals surface area contributed by atoms with Crippen molar-refractivity contribution in [2.24, 2.45) is 0 Å². The van der Waals surface area contributed by atoms with Gasteiger partial charge < -0.3 is 14.6 Å². The smallest absolute Gasteiger partial charge is 0.326 e. The molecule has 0 unspecified atom stereocenters. The van der Waals surface area contributed by atoms with Gasteiger partial charge in [-0.1, -0.05) is 12.1 Å². The van der Waals surface area contributed by atoms with Crippen molar-refractivity contribution in [1.29, 1.82) is 0 Å². The van der Waals surface area contributed by atoms with E-state index in [2.05, 4.69) is 0 Å². The van der Waals surface area contributed by atoms with E-state index in [0.29, 0.717) is 11.3 Å². The average Bonchev–Trinajstić information content (AvgIpc) is 2.95. The summed E-state index contributed by atoms with van der Waals surface area (Å²) in [5.41, 5.74) is -0.576. The molecule has 0 aromatic heterocycles. The topological polar surface area (TPSA) is 110 Å². The molecule has 0 saturated heterocycles. The van der Waals surface area contributed by atoms with Gasteiger partial charge in [0.2, 0.25) is 0 Å². The lowest BCUT2D eigenvalue weighted by atomic mass is 9.97. The number of fused-ring (bicyclic) bond motifs is 1. The summed E-state index contributed by atoms with van der Waals surface area (Å²) in [6.07, 6.45) is 0. The molecule has 0 radical (unpaired) electrons. The molecule has 8 nitrogen and oxygen atoms in total. The number of Topliss-reactive ketones (excluding diaryl/α,β-unsaturated/α-hetero) is 1. The van der Waals surface area contributed by atoms with Crippen molar-refractivity contribution in [2.45, 2.75) is 19.4 Å². The summed E-state index contributed by atoms with van der Waals surface area (Å²) >= 11 is 0. The second kappa shape index (κ2) is 8.46. The predicted molar refractivity (Wildman–Crippen MR) is 105 cm³/mol. The Hall–Kier alpha value is -3.52. The first kappa shape index (κ1) is 21.2. The van der Waals surface area contributed by atoms with Gasteiger partial charge in [0, 0.05) is 5.56 Å². The van der Waals surface area contributed by atoms with Crippen LogP contribution in [0.15, 0.2) is 48.5 Å². The number of ketones is 1. The molecule has 3 rings (SSSR count). The number of imide groups is 1. The molecule has 1 aliphatic heterocycles. The third-order valence-electron chi connectivity index (χ3n) is 4.45. The van der Waals surface area contributed by atoms with Crippen LogP contribution in [0.5, 0.6) is 5.75 Å². The first-order valence-corrected chi connectivity index (χ1v) is 9.29. The Balaban J connectivity index is 1.44. The van der Waals surface area contributed by atoms with Gasteiger partial charge in [-0.3, -0.25) is 24.1 Å².